The lowest BCUT2D eigenvalue weighted by Gasteiger charge is -2.36. The van der Waals surface area contributed by atoms with Crippen LogP contribution in [0, 0.1) is 0 Å². The van der Waals surface area contributed by atoms with Crippen molar-refractivity contribution in [1.29, 1.82) is 0 Å². The maximum absolute atomic E-state index is 6.04. The first kappa shape index (κ1) is 21.7. The predicted molar refractivity (Wildman–Crippen MR) is 123 cm³/mol. The van der Waals surface area contributed by atoms with Crippen LogP contribution in [0.4, 0.5) is 0 Å². The molecule has 1 aromatic heterocycles. The summed E-state index contributed by atoms with van der Waals surface area (Å²) in [6.45, 7) is 6.03. The maximum Gasteiger partial charge on any atom is 0.194 e. The van der Waals surface area contributed by atoms with Gasteiger partial charge in [0.1, 0.15) is 11.9 Å². The molecule has 1 aromatic carbocycles. The van der Waals surface area contributed by atoms with Gasteiger partial charge in [0.05, 0.1) is 33.0 Å². The fraction of sp³-hybridized carbons (Fsp3) is 0.583. The Bertz CT molecular complexity index is 888. The monoisotopic (exact) mass is 425 g/mol. The molecule has 0 amide bonds. The first-order valence-corrected chi connectivity index (χ1v) is 11.4. The van der Waals surface area contributed by atoms with Gasteiger partial charge in [0, 0.05) is 42.9 Å². The van der Waals surface area contributed by atoms with Crippen LogP contribution in [0.15, 0.2) is 41.7 Å². The van der Waals surface area contributed by atoms with Crippen molar-refractivity contribution in [2.24, 2.45) is 12.0 Å². The highest BCUT2D eigenvalue weighted by Crippen LogP contribution is 2.45. The van der Waals surface area contributed by atoms with Gasteiger partial charge in [-0.15, -0.1) is 0 Å². The summed E-state index contributed by atoms with van der Waals surface area (Å²) in [6.07, 6.45) is 8.73. The van der Waals surface area contributed by atoms with Crippen molar-refractivity contribution in [1.82, 2.24) is 20.0 Å². The first-order chi connectivity index (χ1) is 15.1. The van der Waals surface area contributed by atoms with Crippen molar-refractivity contribution in [3.63, 3.8) is 0 Å². The van der Waals surface area contributed by atoms with Gasteiger partial charge < -0.3 is 19.7 Å². The van der Waals surface area contributed by atoms with Crippen molar-refractivity contribution in [3.8, 4) is 5.75 Å². The van der Waals surface area contributed by atoms with Crippen LogP contribution in [0.5, 0.6) is 5.75 Å². The molecule has 0 radical (unpaired) electrons. The molecule has 2 heterocycles. The predicted octanol–water partition coefficient (Wildman–Crippen LogP) is 3.28. The number of nitrogens with one attached hydrogen (secondary N) is 1. The number of morpholine rings is 1. The van der Waals surface area contributed by atoms with Gasteiger partial charge in [0.25, 0.3) is 0 Å². The third-order valence-corrected chi connectivity index (χ3v) is 6.57. The zero-order valence-corrected chi connectivity index (χ0v) is 19.0. The molecule has 0 bridgehead atoms. The number of methoxy groups -OCH3 is 1. The molecule has 1 N–H and O–H groups in total. The van der Waals surface area contributed by atoms with E-state index in [0.29, 0.717) is 6.61 Å². The zero-order valence-electron chi connectivity index (χ0n) is 19.0. The van der Waals surface area contributed by atoms with E-state index in [0.717, 1.165) is 56.3 Å². The van der Waals surface area contributed by atoms with Gasteiger partial charge in [-0.05, 0) is 25.8 Å². The number of para-hydroxylation sites is 1. The number of ether oxygens (including phenoxy) is 2. The van der Waals surface area contributed by atoms with E-state index >= 15 is 0 Å². The van der Waals surface area contributed by atoms with Gasteiger partial charge in [0.2, 0.25) is 0 Å². The van der Waals surface area contributed by atoms with Crippen molar-refractivity contribution in [2.75, 3.05) is 39.9 Å². The van der Waals surface area contributed by atoms with Crippen molar-refractivity contribution >= 4 is 5.96 Å². The number of benzene rings is 1. The van der Waals surface area contributed by atoms with E-state index in [-0.39, 0.29) is 11.5 Å². The second kappa shape index (κ2) is 9.73. The molecule has 1 saturated heterocycles. The summed E-state index contributed by atoms with van der Waals surface area (Å²) in [7, 11) is 3.70. The summed E-state index contributed by atoms with van der Waals surface area (Å²) in [5.74, 6) is 1.95. The molecule has 31 heavy (non-hydrogen) atoms. The molecule has 2 fully saturated rings. The third kappa shape index (κ3) is 4.71. The second-order valence-corrected chi connectivity index (χ2v) is 8.61. The molecule has 7 nitrogen and oxygen atoms in total. The Morgan fingerprint density at radius 1 is 1.32 bits per heavy atom. The SMILES string of the molecule is CCNC(=NCC1(c2ccccc2OC)CCCC1)N1CCOC(c2cnn(C)c2)C1. The number of rotatable bonds is 6. The summed E-state index contributed by atoms with van der Waals surface area (Å²) in [4.78, 5) is 7.50. The van der Waals surface area contributed by atoms with Gasteiger partial charge in [0.15, 0.2) is 5.96 Å². The molecular formula is C24H35N5O2. The zero-order chi connectivity index (χ0) is 21.7. The summed E-state index contributed by atoms with van der Waals surface area (Å²) in [6, 6.07) is 8.46. The molecule has 7 heteroatoms. The lowest BCUT2D eigenvalue weighted by Crippen LogP contribution is -2.48. The normalized spacial score (nSPS) is 21.3. The standard InChI is InChI=1S/C24H35N5O2/c1-4-25-23(29-13-14-31-22(17-29)19-15-27-28(2)16-19)26-18-24(11-7-8-12-24)20-9-5-6-10-21(20)30-3/h5-6,9-10,15-16,22H,4,7-8,11-14,17-18H2,1-3H3,(H,25,26). The highest BCUT2D eigenvalue weighted by Gasteiger charge is 2.38. The molecule has 1 saturated carbocycles. The number of aliphatic imine (C=N–C) groups is 1. The van der Waals surface area contributed by atoms with E-state index in [1.54, 1.807) is 7.11 Å². The van der Waals surface area contributed by atoms with Gasteiger partial charge in [-0.25, -0.2) is 0 Å². The molecule has 2 aromatic rings. The Balaban J connectivity index is 1.56. The van der Waals surface area contributed by atoms with Crippen molar-refractivity contribution in [3.05, 3.63) is 47.8 Å². The highest BCUT2D eigenvalue weighted by molar-refractivity contribution is 5.80. The Hall–Kier alpha value is -2.54. The van der Waals surface area contributed by atoms with Gasteiger partial charge >= 0.3 is 0 Å². The van der Waals surface area contributed by atoms with Gasteiger partial charge in [-0.1, -0.05) is 31.0 Å². The Kier molecular flexibility index (Phi) is 6.80. The number of aromatic nitrogens is 2. The maximum atomic E-state index is 6.04. The molecule has 4 rings (SSSR count). The third-order valence-electron chi connectivity index (χ3n) is 6.57. The van der Waals surface area contributed by atoms with Crippen LogP contribution in [0.2, 0.25) is 0 Å². The van der Waals surface area contributed by atoms with Crippen LogP contribution >= 0.6 is 0 Å². The first-order valence-electron chi connectivity index (χ1n) is 11.4. The number of hydrogen-bond acceptors (Lipinski definition) is 4. The summed E-state index contributed by atoms with van der Waals surface area (Å²) < 4.78 is 13.6. The largest absolute Gasteiger partial charge is 0.496 e. The molecule has 1 aliphatic heterocycles. The minimum absolute atomic E-state index is 0.0148. The minimum atomic E-state index is 0.0148. The average molecular weight is 426 g/mol. The smallest absolute Gasteiger partial charge is 0.194 e. The van der Waals surface area contributed by atoms with E-state index in [1.807, 2.05) is 30.2 Å². The summed E-state index contributed by atoms with van der Waals surface area (Å²) >= 11 is 0. The molecule has 168 valence electrons. The van der Waals surface area contributed by atoms with E-state index in [1.165, 1.54) is 18.4 Å². The highest BCUT2D eigenvalue weighted by atomic mass is 16.5. The lowest BCUT2D eigenvalue weighted by molar-refractivity contribution is -0.00807. The lowest BCUT2D eigenvalue weighted by atomic mass is 9.78. The van der Waals surface area contributed by atoms with Gasteiger partial charge in [-0.3, -0.25) is 9.67 Å². The van der Waals surface area contributed by atoms with Crippen molar-refractivity contribution < 1.29 is 9.47 Å². The van der Waals surface area contributed by atoms with Crippen LogP contribution < -0.4 is 10.1 Å². The van der Waals surface area contributed by atoms with Crippen LogP contribution in [-0.4, -0.2) is 60.5 Å². The average Bonchev–Trinajstić information content (AvgIpc) is 3.46. The van der Waals surface area contributed by atoms with E-state index in [9.17, 15) is 0 Å². The van der Waals surface area contributed by atoms with Crippen LogP contribution in [0.1, 0.15) is 49.8 Å². The number of nitrogens with zero attached hydrogens (tertiary/aromatic N) is 4. The molecule has 1 aliphatic carbocycles. The molecule has 1 unspecified atom stereocenters. The number of guanidine groups is 1. The molecule has 2 aliphatic rings. The summed E-state index contributed by atoms with van der Waals surface area (Å²) in [5, 5.41) is 7.83. The van der Waals surface area contributed by atoms with Crippen LogP contribution in [0.25, 0.3) is 0 Å². The molecule has 1 atom stereocenters. The molecule has 0 spiro atoms. The minimum Gasteiger partial charge on any atom is -0.496 e. The van der Waals surface area contributed by atoms with Crippen LogP contribution in [-0.2, 0) is 17.2 Å². The fourth-order valence-corrected chi connectivity index (χ4v) is 4.95. The van der Waals surface area contributed by atoms with Crippen molar-refractivity contribution in [2.45, 2.75) is 44.1 Å². The van der Waals surface area contributed by atoms with E-state index in [2.05, 4.69) is 40.4 Å². The number of hydrogen-bond donors (Lipinski definition) is 1. The Morgan fingerprint density at radius 2 is 2.13 bits per heavy atom. The molecular weight excluding hydrogens is 390 g/mol. The fourth-order valence-electron chi connectivity index (χ4n) is 4.95. The van der Waals surface area contributed by atoms with E-state index < -0.39 is 0 Å². The Labute approximate surface area is 185 Å². The van der Waals surface area contributed by atoms with E-state index in [4.69, 9.17) is 14.5 Å². The number of aryl methyl sites for hydroxylation is 1. The topological polar surface area (TPSA) is 63.9 Å². The quantitative estimate of drug-likeness (QED) is 0.568. The van der Waals surface area contributed by atoms with Crippen LogP contribution in [0.3, 0.4) is 0 Å². The Morgan fingerprint density at radius 3 is 2.84 bits per heavy atom. The second-order valence-electron chi connectivity index (χ2n) is 8.61. The summed E-state index contributed by atoms with van der Waals surface area (Å²) in [5.41, 5.74) is 2.46. The van der Waals surface area contributed by atoms with Gasteiger partial charge in [-0.2, -0.15) is 5.10 Å².